The number of hydrogen-bond donors (Lipinski definition) is 0. The first-order chi connectivity index (χ1) is 13.1. The minimum atomic E-state index is -0.831. The molecular formula is C22H20N2O3. The van der Waals surface area contributed by atoms with Gasteiger partial charge < -0.3 is 9.32 Å². The van der Waals surface area contributed by atoms with Crippen LogP contribution >= 0.6 is 0 Å². The van der Waals surface area contributed by atoms with Crippen molar-refractivity contribution in [2.45, 2.75) is 19.9 Å². The highest BCUT2D eigenvalue weighted by atomic mass is 16.3. The van der Waals surface area contributed by atoms with Gasteiger partial charge in [-0.3, -0.25) is 14.5 Å². The van der Waals surface area contributed by atoms with Crippen molar-refractivity contribution >= 4 is 23.2 Å². The summed E-state index contributed by atoms with van der Waals surface area (Å²) < 4.78 is 5.55. The van der Waals surface area contributed by atoms with Crippen molar-refractivity contribution < 1.29 is 14.0 Å². The van der Waals surface area contributed by atoms with Crippen LogP contribution in [0, 0.1) is 13.8 Å². The molecule has 1 fully saturated rings. The van der Waals surface area contributed by atoms with Crippen molar-refractivity contribution in [3.63, 3.8) is 0 Å². The third-order valence-corrected chi connectivity index (χ3v) is 4.88. The van der Waals surface area contributed by atoms with Gasteiger partial charge in [-0.25, -0.2) is 0 Å². The minimum Gasteiger partial charge on any atom is -0.467 e. The average Bonchev–Trinajstić information content (AvgIpc) is 3.18. The summed E-state index contributed by atoms with van der Waals surface area (Å²) in [5, 5.41) is 0. The molecule has 2 aromatic carbocycles. The van der Waals surface area contributed by atoms with E-state index < -0.39 is 6.04 Å². The van der Waals surface area contributed by atoms with Crippen LogP contribution in [-0.4, -0.2) is 18.4 Å². The van der Waals surface area contributed by atoms with Gasteiger partial charge in [0, 0.05) is 5.69 Å². The van der Waals surface area contributed by atoms with E-state index in [1.54, 1.807) is 17.0 Å². The number of hydrogen-bond acceptors (Lipinski definition) is 3. The third kappa shape index (κ3) is 2.91. The standard InChI is InChI=1S/C22H20N2O3/c1-15-8-6-9-16(2)20(15)23-14-19(25)24(17-10-4-3-5-11-17)21(22(23)26)18-12-7-13-27-18/h3-13,21H,14H2,1-2H3. The van der Waals surface area contributed by atoms with E-state index in [-0.39, 0.29) is 18.4 Å². The Bertz CT molecular complexity index is 960. The maximum Gasteiger partial charge on any atom is 0.258 e. The van der Waals surface area contributed by atoms with E-state index in [9.17, 15) is 9.59 Å². The van der Waals surface area contributed by atoms with Crippen LogP contribution in [0.4, 0.5) is 11.4 Å². The van der Waals surface area contributed by atoms with Crippen LogP contribution in [0.2, 0.25) is 0 Å². The van der Waals surface area contributed by atoms with Gasteiger partial charge in [0.05, 0.1) is 12.0 Å². The summed E-state index contributed by atoms with van der Waals surface area (Å²) in [6, 6.07) is 17.7. The Morgan fingerprint density at radius 3 is 2.22 bits per heavy atom. The third-order valence-electron chi connectivity index (χ3n) is 4.88. The van der Waals surface area contributed by atoms with Crippen LogP contribution in [-0.2, 0) is 9.59 Å². The number of piperazine rings is 1. The van der Waals surface area contributed by atoms with Crippen LogP contribution in [0.5, 0.6) is 0 Å². The summed E-state index contributed by atoms with van der Waals surface area (Å²) in [5.74, 6) is 0.129. The lowest BCUT2D eigenvalue weighted by molar-refractivity contribution is -0.129. The first-order valence-corrected chi connectivity index (χ1v) is 8.86. The van der Waals surface area contributed by atoms with Crippen LogP contribution in [0.1, 0.15) is 22.9 Å². The number of carbonyl (C=O) groups is 2. The molecular weight excluding hydrogens is 340 g/mol. The van der Waals surface area contributed by atoms with Crippen molar-refractivity contribution in [3.05, 3.63) is 83.8 Å². The average molecular weight is 360 g/mol. The molecule has 1 aliphatic heterocycles. The largest absolute Gasteiger partial charge is 0.467 e. The lowest BCUT2D eigenvalue weighted by Gasteiger charge is -2.40. The SMILES string of the molecule is Cc1cccc(C)c1N1CC(=O)N(c2ccccc2)C(c2ccco2)C1=O. The Morgan fingerprint density at radius 2 is 1.59 bits per heavy atom. The molecule has 1 saturated heterocycles. The van der Waals surface area contributed by atoms with Crippen LogP contribution in [0.3, 0.4) is 0 Å². The lowest BCUT2D eigenvalue weighted by atomic mass is 10.0. The van der Waals surface area contributed by atoms with Gasteiger partial charge in [0.1, 0.15) is 12.3 Å². The second kappa shape index (κ2) is 6.76. The maximum atomic E-state index is 13.5. The number of amides is 2. The van der Waals surface area contributed by atoms with Gasteiger partial charge in [-0.15, -0.1) is 0 Å². The van der Waals surface area contributed by atoms with Crippen molar-refractivity contribution in [1.82, 2.24) is 0 Å². The Labute approximate surface area is 157 Å². The maximum absolute atomic E-state index is 13.5. The molecule has 5 nitrogen and oxygen atoms in total. The van der Waals surface area contributed by atoms with E-state index in [4.69, 9.17) is 4.42 Å². The van der Waals surface area contributed by atoms with E-state index in [1.807, 2.05) is 62.4 Å². The molecule has 27 heavy (non-hydrogen) atoms. The zero-order valence-electron chi connectivity index (χ0n) is 15.3. The number of aryl methyl sites for hydroxylation is 2. The van der Waals surface area contributed by atoms with Crippen molar-refractivity contribution in [1.29, 1.82) is 0 Å². The van der Waals surface area contributed by atoms with Crippen LogP contribution in [0.15, 0.2) is 71.3 Å². The molecule has 0 saturated carbocycles. The van der Waals surface area contributed by atoms with Gasteiger partial charge in [-0.05, 0) is 49.2 Å². The normalized spacial score (nSPS) is 17.5. The van der Waals surface area contributed by atoms with Gasteiger partial charge in [-0.2, -0.15) is 0 Å². The zero-order valence-corrected chi connectivity index (χ0v) is 15.3. The first kappa shape index (κ1) is 17.1. The molecule has 0 radical (unpaired) electrons. The summed E-state index contributed by atoms with van der Waals surface area (Å²) in [6.45, 7) is 3.90. The molecule has 1 aromatic heterocycles. The zero-order chi connectivity index (χ0) is 19.0. The molecule has 5 heteroatoms. The molecule has 4 rings (SSSR count). The number of benzene rings is 2. The number of anilines is 2. The predicted molar refractivity (Wildman–Crippen MR) is 104 cm³/mol. The molecule has 0 bridgehead atoms. The molecule has 1 unspecified atom stereocenters. The van der Waals surface area contributed by atoms with Crippen LogP contribution in [0.25, 0.3) is 0 Å². The Kier molecular flexibility index (Phi) is 4.28. The van der Waals surface area contributed by atoms with E-state index >= 15 is 0 Å². The molecule has 136 valence electrons. The smallest absolute Gasteiger partial charge is 0.258 e. The summed E-state index contributed by atoms with van der Waals surface area (Å²) in [7, 11) is 0. The molecule has 0 N–H and O–H groups in total. The number of rotatable bonds is 3. The summed E-state index contributed by atoms with van der Waals surface area (Å²) >= 11 is 0. The summed E-state index contributed by atoms with van der Waals surface area (Å²) in [5.41, 5.74) is 3.39. The van der Waals surface area contributed by atoms with E-state index in [1.165, 1.54) is 11.2 Å². The lowest BCUT2D eigenvalue weighted by Crippen LogP contribution is -2.56. The van der Waals surface area contributed by atoms with Gasteiger partial charge in [0.2, 0.25) is 5.91 Å². The number of para-hydroxylation sites is 2. The second-order valence-corrected chi connectivity index (χ2v) is 6.68. The number of carbonyl (C=O) groups excluding carboxylic acids is 2. The fraction of sp³-hybridized carbons (Fsp3) is 0.182. The van der Waals surface area contributed by atoms with E-state index in [2.05, 4.69) is 0 Å². The number of nitrogens with zero attached hydrogens (tertiary/aromatic N) is 2. The highest BCUT2D eigenvalue weighted by molar-refractivity contribution is 6.14. The molecule has 1 aliphatic rings. The molecule has 2 heterocycles. The van der Waals surface area contributed by atoms with Gasteiger partial charge in [-0.1, -0.05) is 36.4 Å². The van der Waals surface area contributed by atoms with Gasteiger partial charge in [0.15, 0.2) is 6.04 Å². The first-order valence-electron chi connectivity index (χ1n) is 8.86. The van der Waals surface area contributed by atoms with E-state index in [0.29, 0.717) is 11.4 Å². The fourth-order valence-electron chi connectivity index (χ4n) is 3.69. The monoisotopic (exact) mass is 360 g/mol. The summed E-state index contributed by atoms with van der Waals surface area (Å²) in [4.78, 5) is 29.8. The summed E-state index contributed by atoms with van der Waals surface area (Å²) in [6.07, 6.45) is 1.52. The molecule has 2 amide bonds. The molecule has 3 aromatic rings. The molecule has 0 spiro atoms. The van der Waals surface area contributed by atoms with E-state index in [0.717, 1.165) is 16.8 Å². The number of furan rings is 1. The Balaban J connectivity index is 1.83. The van der Waals surface area contributed by atoms with Gasteiger partial charge >= 0.3 is 0 Å². The molecule has 1 atom stereocenters. The Morgan fingerprint density at radius 1 is 0.889 bits per heavy atom. The Hall–Kier alpha value is -3.34. The highest BCUT2D eigenvalue weighted by Gasteiger charge is 2.43. The van der Waals surface area contributed by atoms with Crippen molar-refractivity contribution in [2.75, 3.05) is 16.3 Å². The quantitative estimate of drug-likeness (QED) is 0.709. The highest BCUT2D eigenvalue weighted by Crippen LogP contribution is 2.36. The van der Waals surface area contributed by atoms with Crippen LogP contribution < -0.4 is 9.80 Å². The van der Waals surface area contributed by atoms with Gasteiger partial charge in [0.25, 0.3) is 5.91 Å². The van der Waals surface area contributed by atoms with Crippen molar-refractivity contribution in [3.8, 4) is 0 Å². The predicted octanol–water partition coefficient (Wildman–Crippen LogP) is 4.02. The topological polar surface area (TPSA) is 53.8 Å². The second-order valence-electron chi connectivity index (χ2n) is 6.68. The van der Waals surface area contributed by atoms with Crippen molar-refractivity contribution in [2.24, 2.45) is 0 Å². The molecule has 0 aliphatic carbocycles. The fourth-order valence-corrected chi connectivity index (χ4v) is 3.69. The minimum absolute atomic E-state index is 0.00334.